The first-order chi connectivity index (χ1) is 13.7. The van der Waals surface area contributed by atoms with Gasteiger partial charge in [0.15, 0.2) is 0 Å². The van der Waals surface area contributed by atoms with Crippen molar-refractivity contribution >= 4 is 29.3 Å². The molecular weight excluding hydrogens is 390 g/mol. The molecular formula is C22H24ClN3O3. The number of piperidine rings is 1. The van der Waals surface area contributed by atoms with Crippen molar-refractivity contribution in [3.63, 3.8) is 0 Å². The van der Waals surface area contributed by atoms with E-state index in [9.17, 15) is 14.4 Å². The molecule has 1 aromatic carbocycles. The van der Waals surface area contributed by atoms with Crippen LogP contribution in [0.25, 0.3) is 0 Å². The van der Waals surface area contributed by atoms with E-state index in [1.54, 1.807) is 13.0 Å². The molecule has 0 spiro atoms. The van der Waals surface area contributed by atoms with Crippen LogP contribution in [0.5, 0.6) is 0 Å². The van der Waals surface area contributed by atoms with E-state index < -0.39 is 11.3 Å². The number of rotatable bonds is 5. The van der Waals surface area contributed by atoms with Crippen molar-refractivity contribution in [2.75, 3.05) is 0 Å². The standard InChI is InChI=1S/C22H24ClN3O3/c1-13-19(16-9-10-18(27)26-20(16)28)17(23)11-15(25-13)12-24-21(29)22(2,3)14-7-5-4-6-8-14/h4-8,11,16H,9-10,12H2,1-3H3,(H,24,29)(H,26,27,28). The molecule has 2 aromatic rings. The van der Waals surface area contributed by atoms with E-state index in [4.69, 9.17) is 11.6 Å². The maximum absolute atomic E-state index is 12.7. The highest BCUT2D eigenvalue weighted by molar-refractivity contribution is 6.31. The molecule has 3 rings (SSSR count). The van der Waals surface area contributed by atoms with Crippen LogP contribution < -0.4 is 10.6 Å². The van der Waals surface area contributed by atoms with Crippen LogP contribution in [0.1, 0.15) is 55.1 Å². The van der Waals surface area contributed by atoms with Crippen molar-refractivity contribution < 1.29 is 14.4 Å². The molecule has 1 aliphatic heterocycles. The van der Waals surface area contributed by atoms with Crippen LogP contribution in [0.4, 0.5) is 0 Å². The molecule has 1 saturated heterocycles. The number of halogens is 1. The van der Waals surface area contributed by atoms with Crippen LogP contribution in [-0.2, 0) is 26.3 Å². The van der Waals surface area contributed by atoms with E-state index >= 15 is 0 Å². The molecule has 1 fully saturated rings. The second-order valence-corrected chi connectivity index (χ2v) is 8.18. The lowest BCUT2D eigenvalue weighted by molar-refractivity contribution is -0.134. The zero-order chi connectivity index (χ0) is 21.2. The van der Waals surface area contributed by atoms with Gasteiger partial charge in [0.25, 0.3) is 0 Å². The highest BCUT2D eigenvalue weighted by Crippen LogP contribution is 2.33. The number of hydrogen-bond donors (Lipinski definition) is 2. The van der Waals surface area contributed by atoms with E-state index in [2.05, 4.69) is 15.6 Å². The van der Waals surface area contributed by atoms with Gasteiger partial charge in [-0.05, 0) is 38.8 Å². The third kappa shape index (κ3) is 4.48. The first kappa shape index (κ1) is 21.0. The van der Waals surface area contributed by atoms with Gasteiger partial charge in [-0.25, -0.2) is 0 Å². The second kappa shape index (κ2) is 8.33. The van der Waals surface area contributed by atoms with Crippen LogP contribution in [0.15, 0.2) is 36.4 Å². The van der Waals surface area contributed by atoms with Gasteiger partial charge in [0.1, 0.15) is 0 Å². The minimum Gasteiger partial charge on any atom is -0.350 e. The van der Waals surface area contributed by atoms with Crippen LogP contribution in [-0.4, -0.2) is 22.7 Å². The Kier molecular flexibility index (Phi) is 6.03. The van der Waals surface area contributed by atoms with Crippen molar-refractivity contribution in [2.24, 2.45) is 0 Å². The molecule has 2 heterocycles. The molecule has 29 heavy (non-hydrogen) atoms. The van der Waals surface area contributed by atoms with E-state index in [1.807, 2.05) is 44.2 Å². The summed E-state index contributed by atoms with van der Waals surface area (Å²) >= 11 is 6.45. The summed E-state index contributed by atoms with van der Waals surface area (Å²) in [6.45, 7) is 5.75. The second-order valence-electron chi connectivity index (χ2n) is 7.77. The summed E-state index contributed by atoms with van der Waals surface area (Å²) in [6.07, 6.45) is 0.687. The molecule has 0 saturated carbocycles. The fourth-order valence-electron chi connectivity index (χ4n) is 3.56. The molecule has 7 heteroatoms. The molecule has 1 aliphatic rings. The third-order valence-electron chi connectivity index (χ3n) is 5.33. The summed E-state index contributed by atoms with van der Waals surface area (Å²) < 4.78 is 0. The topological polar surface area (TPSA) is 88.2 Å². The summed E-state index contributed by atoms with van der Waals surface area (Å²) in [5.74, 6) is -1.23. The van der Waals surface area contributed by atoms with Crippen molar-refractivity contribution in [2.45, 2.75) is 51.5 Å². The van der Waals surface area contributed by atoms with E-state index in [0.717, 1.165) is 5.56 Å². The Morgan fingerprint density at radius 3 is 2.59 bits per heavy atom. The van der Waals surface area contributed by atoms with Crippen LogP contribution >= 0.6 is 11.6 Å². The lowest BCUT2D eigenvalue weighted by Crippen LogP contribution is -2.40. The minimum absolute atomic E-state index is 0.117. The molecule has 152 valence electrons. The number of pyridine rings is 1. The predicted molar refractivity (Wildman–Crippen MR) is 110 cm³/mol. The zero-order valence-electron chi connectivity index (χ0n) is 16.7. The smallest absolute Gasteiger partial charge is 0.234 e. The van der Waals surface area contributed by atoms with E-state index in [0.29, 0.717) is 28.4 Å². The number of aromatic nitrogens is 1. The van der Waals surface area contributed by atoms with Gasteiger partial charge in [-0.3, -0.25) is 24.7 Å². The van der Waals surface area contributed by atoms with Gasteiger partial charge in [0.05, 0.1) is 23.6 Å². The normalized spacial score (nSPS) is 17.0. The highest BCUT2D eigenvalue weighted by Gasteiger charge is 2.32. The van der Waals surface area contributed by atoms with Gasteiger partial charge < -0.3 is 5.32 Å². The Morgan fingerprint density at radius 1 is 1.28 bits per heavy atom. The number of amides is 3. The average Bonchev–Trinajstić information content (AvgIpc) is 2.67. The molecule has 1 atom stereocenters. The fourth-order valence-corrected chi connectivity index (χ4v) is 3.96. The Bertz CT molecular complexity index is 934. The monoisotopic (exact) mass is 413 g/mol. The predicted octanol–water partition coefficient (Wildman–Crippen LogP) is 3.16. The summed E-state index contributed by atoms with van der Waals surface area (Å²) in [5, 5.41) is 5.68. The Balaban J connectivity index is 1.73. The molecule has 0 aliphatic carbocycles. The molecule has 2 N–H and O–H groups in total. The third-order valence-corrected chi connectivity index (χ3v) is 5.65. The van der Waals surface area contributed by atoms with Crippen molar-refractivity contribution in [3.05, 3.63) is 63.9 Å². The molecule has 1 unspecified atom stereocenters. The van der Waals surface area contributed by atoms with Crippen LogP contribution in [0.3, 0.4) is 0 Å². The van der Waals surface area contributed by atoms with Crippen molar-refractivity contribution in [1.82, 2.24) is 15.6 Å². The number of nitrogens with zero attached hydrogens (tertiary/aromatic N) is 1. The van der Waals surface area contributed by atoms with Crippen molar-refractivity contribution in [3.8, 4) is 0 Å². The summed E-state index contributed by atoms with van der Waals surface area (Å²) in [7, 11) is 0. The number of carbonyl (C=O) groups excluding carboxylic acids is 3. The largest absolute Gasteiger partial charge is 0.350 e. The summed E-state index contributed by atoms with van der Waals surface area (Å²) in [4.78, 5) is 40.8. The van der Waals surface area contributed by atoms with Crippen molar-refractivity contribution in [1.29, 1.82) is 0 Å². The Morgan fingerprint density at radius 2 is 1.97 bits per heavy atom. The average molecular weight is 414 g/mol. The number of benzene rings is 1. The van der Waals surface area contributed by atoms with Gasteiger partial charge in [-0.2, -0.15) is 0 Å². The van der Waals surface area contributed by atoms with Gasteiger partial charge in [0.2, 0.25) is 17.7 Å². The lowest BCUT2D eigenvalue weighted by Gasteiger charge is -2.25. The minimum atomic E-state index is -0.688. The summed E-state index contributed by atoms with van der Waals surface area (Å²) in [5.41, 5.74) is 2.11. The number of imide groups is 1. The van der Waals surface area contributed by atoms with E-state index in [1.165, 1.54) is 0 Å². The van der Waals surface area contributed by atoms with Gasteiger partial charge >= 0.3 is 0 Å². The Labute approximate surface area is 175 Å². The number of hydrogen-bond acceptors (Lipinski definition) is 4. The van der Waals surface area contributed by atoms with Gasteiger partial charge in [0, 0.05) is 22.7 Å². The molecule has 0 bridgehead atoms. The number of carbonyl (C=O) groups is 3. The summed E-state index contributed by atoms with van der Waals surface area (Å²) in [6, 6.07) is 11.2. The fraction of sp³-hybridized carbons (Fsp3) is 0.364. The van der Waals surface area contributed by atoms with Crippen LogP contribution in [0.2, 0.25) is 5.02 Å². The maximum Gasteiger partial charge on any atom is 0.234 e. The lowest BCUT2D eigenvalue weighted by atomic mass is 9.84. The maximum atomic E-state index is 12.7. The SMILES string of the molecule is Cc1nc(CNC(=O)C(C)(C)c2ccccc2)cc(Cl)c1C1CCC(=O)NC1=O. The first-order valence-corrected chi connectivity index (χ1v) is 9.91. The van der Waals surface area contributed by atoms with E-state index in [-0.39, 0.29) is 30.7 Å². The number of nitrogens with one attached hydrogen (secondary N) is 2. The quantitative estimate of drug-likeness (QED) is 0.737. The first-order valence-electron chi connectivity index (χ1n) is 9.53. The van der Waals surface area contributed by atoms with Crippen LogP contribution in [0, 0.1) is 6.92 Å². The van der Waals surface area contributed by atoms with Gasteiger partial charge in [-0.15, -0.1) is 0 Å². The number of aryl methyl sites for hydroxylation is 1. The Hall–Kier alpha value is -2.73. The molecule has 6 nitrogen and oxygen atoms in total. The molecule has 1 aromatic heterocycles. The zero-order valence-corrected chi connectivity index (χ0v) is 17.5. The highest BCUT2D eigenvalue weighted by atomic mass is 35.5. The molecule has 3 amide bonds. The van der Waals surface area contributed by atoms with Gasteiger partial charge in [-0.1, -0.05) is 41.9 Å². The molecule has 0 radical (unpaired) electrons.